The number of halogens is 1. The molecular formula is C12H19IO. The first kappa shape index (κ1) is 13.9. The molecule has 2 heteroatoms. The van der Waals surface area contributed by atoms with Crippen LogP contribution >= 0.6 is 22.6 Å². The molecule has 0 rings (SSSR count). The van der Waals surface area contributed by atoms with Gasteiger partial charge in [-0.2, -0.15) is 0 Å². The highest BCUT2D eigenvalue weighted by molar-refractivity contribution is 14.1. The number of ketones is 1. The number of allylic oxidation sites excluding steroid dienone is 4. The Morgan fingerprint density at radius 2 is 1.64 bits per heavy atom. The van der Waals surface area contributed by atoms with E-state index < -0.39 is 0 Å². The zero-order valence-electron chi connectivity index (χ0n) is 9.27. The van der Waals surface area contributed by atoms with E-state index in [-0.39, 0.29) is 5.78 Å². The summed E-state index contributed by atoms with van der Waals surface area (Å²) >= 11 is 2.36. The molecule has 0 aliphatic heterocycles. The first-order chi connectivity index (χ1) is 6.52. The lowest BCUT2D eigenvalue weighted by molar-refractivity contribution is -0.116. The fraction of sp³-hybridized carbons (Fsp3) is 0.583. The number of carbonyl (C=O) groups excluding carboxylic acids is 1. The van der Waals surface area contributed by atoms with Crippen molar-refractivity contribution in [3.05, 3.63) is 21.3 Å². The molecule has 0 amide bonds. The molecule has 0 aromatic heterocycles. The molecule has 0 aromatic rings. The van der Waals surface area contributed by atoms with Gasteiger partial charge in [0.2, 0.25) is 0 Å². The van der Waals surface area contributed by atoms with Crippen molar-refractivity contribution in [2.45, 2.75) is 46.5 Å². The molecule has 0 unspecified atom stereocenters. The van der Waals surface area contributed by atoms with Crippen molar-refractivity contribution < 1.29 is 4.79 Å². The van der Waals surface area contributed by atoms with E-state index >= 15 is 0 Å². The maximum absolute atomic E-state index is 10.7. The molecule has 0 bridgehead atoms. The maximum Gasteiger partial charge on any atom is 0.130 e. The molecule has 1 nitrogen and oxygen atoms in total. The van der Waals surface area contributed by atoms with Crippen LogP contribution in [0.3, 0.4) is 0 Å². The standard InChI is InChI=1S/C12H19IO/c1-10(2)6-4-8-12(13)9-5-7-11(3)14/h6,9H,4-5,7-8H2,1-3H3/b12-9-. The quantitative estimate of drug-likeness (QED) is 0.524. The van der Waals surface area contributed by atoms with Crippen molar-refractivity contribution in [1.82, 2.24) is 0 Å². The predicted molar refractivity (Wildman–Crippen MR) is 70.7 cm³/mol. The Balaban J connectivity index is 3.67. The average molecular weight is 306 g/mol. The summed E-state index contributed by atoms with van der Waals surface area (Å²) in [6.07, 6.45) is 8.19. The Bertz CT molecular complexity index is 235. The highest BCUT2D eigenvalue weighted by Crippen LogP contribution is 2.16. The summed E-state index contributed by atoms with van der Waals surface area (Å²) in [5.74, 6) is 0.273. The number of rotatable bonds is 6. The van der Waals surface area contributed by atoms with Gasteiger partial charge in [-0.25, -0.2) is 0 Å². The van der Waals surface area contributed by atoms with Crippen LogP contribution < -0.4 is 0 Å². The SMILES string of the molecule is CC(=O)CC/C=C(\I)CCC=C(C)C. The Morgan fingerprint density at radius 3 is 2.14 bits per heavy atom. The van der Waals surface area contributed by atoms with E-state index in [0.29, 0.717) is 6.42 Å². The van der Waals surface area contributed by atoms with Gasteiger partial charge in [-0.15, -0.1) is 0 Å². The van der Waals surface area contributed by atoms with Crippen molar-refractivity contribution >= 4 is 28.4 Å². The van der Waals surface area contributed by atoms with Crippen LogP contribution in [0, 0.1) is 0 Å². The van der Waals surface area contributed by atoms with Gasteiger partial charge in [0.15, 0.2) is 0 Å². The third-order valence-electron chi connectivity index (χ3n) is 1.80. The predicted octanol–water partition coefficient (Wildman–Crippen LogP) is 4.42. The molecule has 0 N–H and O–H groups in total. The van der Waals surface area contributed by atoms with Crippen LogP contribution in [-0.2, 0) is 4.79 Å². The summed E-state index contributed by atoms with van der Waals surface area (Å²) in [5, 5.41) is 0. The lowest BCUT2D eigenvalue weighted by Crippen LogP contribution is -1.87. The largest absolute Gasteiger partial charge is 0.300 e. The zero-order valence-corrected chi connectivity index (χ0v) is 11.4. The Labute approximate surface area is 101 Å². The fourth-order valence-electron chi connectivity index (χ4n) is 1.03. The van der Waals surface area contributed by atoms with Gasteiger partial charge < -0.3 is 4.79 Å². The van der Waals surface area contributed by atoms with Gasteiger partial charge in [-0.1, -0.05) is 17.7 Å². The summed E-state index contributed by atoms with van der Waals surface area (Å²) in [7, 11) is 0. The van der Waals surface area contributed by atoms with Crippen LogP contribution in [0.5, 0.6) is 0 Å². The molecule has 14 heavy (non-hydrogen) atoms. The van der Waals surface area contributed by atoms with Crippen molar-refractivity contribution in [2.24, 2.45) is 0 Å². The monoisotopic (exact) mass is 306 g/mol. The summed E-state index contributed by atoms with van der Waals surface area (Å²) in [4.78, 5) is 10.7. The minimum absolute atomic E-state index is 0.273. The summed E-state index contributed by atoms with van der Waals surface area (Å²) in [6, 6.07) is 0. The molecule has 0 fully saturated rings. The van der Waals surface area contributed by atoms with Crippen molar-refractivity contribution in [3.8, 4) is 0 Å². The molecule has 0 atom stereocenters. The topological polar surface area (TPSA) is 17.1 Å². The Hall–Kier alpha value is -0.120. The van der Waals surface area contributed by atoms with E-state index in [1.54, 1.807) is 6.92 Å². The second kappa shape index (κ2) is 8.21. The molecule has 0 heterocycles. The molecule has 0 saturated carbocycles. The van der Waals surface area contributed by atoms with E-state index in [1.165, 1.54) is 9.15 Å². The Morgan fingerprint density at radius 1 is 1.07 bits per heavy atom. The van der Waals surface area contributed by atoms with Crippen LogP contribution in [0.2, 0.25) is 0 Å². The second-order valence-electron chi connectivity index (χ2n) is 3.71. The van der Waals surface area contributed by atoms with Crippen LogP contribution in [0.15, 0.2) is 21.3 Å². The zero-order chi connectivity index (χ0) is 11.0. The highest BCUT2D eigenvalue weighted by Gasteiger charge is 1.93. The first-order valence-electron chi connectivity index (χ1n) is 4.99. The molecule has 0 aliphatic carbocycles. The van der Waals surface area contributed by atoms with Crippen LogP contribution in [0.25, 0.3) is 0 Å². The smallest absolute Gasteiger partial charge is 0.130 e. The van der Waals surface area contributed by atoms with Crippen LogP contribution in [0.4, 0.5) is 0 Å². The third-order valence-corrected chi connectivity index (χ3v) is 2.78. The third kappa shape index (κ3) is 9.96. The number of carbonyl (C=O) groups is 1. The maximum atomic E-state index is 10.7. The van der Waals surface area contributed by atoms with Gasteiger partial charge >= 0.3 is 0 Å². The lowest BCUT2D eigenvalue weighted by atomic mass is 10.2. The molecule has 0 saturated heterocycles. The van der Waals surface area contributed by atoms with E-state index in [0.717, 1.165) is 19.3 Å². The van der Waals surface area contributed by atoms with E-state index in [9.17, 15) is 4.79 Å². The van der Waals surface area contributed by atoms with Gasteiger partial charge in [0.1, 0.15) is 5.78 Å². The van der Waals surface area contributed by atoms with E-state index in [2.05, 4.69) is 48.6 Å². The molecule has 80 valence electrons. The fourth-order valence-corrected chi connectivity index (χ4v) is 1.66. The van der Waals surface area contributed by atoms with Crippen LogP contribution in [0.1, 0.15) is 46.5 Å². The molecule has 0 spiro atoms. The van der Waals surface area contributed by atoms with Gasteiger partial charge in [-0.3, -0.25) is 0 Å². The lowest BCUT2D eigenvalue weighted by Gasteiger charge is -1.96. The van der Waals surface area contributed by atoms with Crippen molar-refractivity contribution in [3.63, 3.8) is 0 Å². The average Bonchev–Trinajstić information content (AvgIpc) is 2.02. The minimum atomic E-state index is 0.273. The number of hydrogen-bond acceptors (Lipinski definition) is 1. The highest BCUT2D eigenvalue weighted by atomic mass is 127. The summed E-state index contributed by atoms with van der Waals surface area (Å²) in [6.45, 7) is 5.88. The van der Waals surface area contributed by atoms with Gasteiger partial charge in [0, 0.05) is 6.42 Å². The van der Waals surface area contributed by atoms with Gasteiger partial charge in [0.05, 0.1) is 0 Å². The van der Waals surface area contributed by atoms with E-state index in [4.69, 9.17) is 0 Å². The summed E-state index contributed by atoms with van der Waals surface area (Å²) in [5.41, 5.74) is 1.37. The molecule has 0 radical (unpaired) electrons. The van der Waals surface area contributed by atoms with Gasteiger partial charge in [0.25, 0.3) is 0 Å². The molecule has 0 aliphatic rings. The van der Waals surface area contributed by atoms with Gasteiger partial charge in [-0.05, 0) is 66.2 Å². The second-order valence-corrected chi connectivity index (χ2v) is 5.10. The number of hydrogen-bond donors (Lipinski definition) is 0. The minimum Gasteiger partial charge on any atom is -0.300 e. The number of Topliss-reactive ketones (excluding diaryl/α,β-unsaturated/α-hetero) is 1. The first-order valence-corrected chi connectivity index (χ1v) is 6.07. The van der Waals surface area contributed by atoms with Crippen molar-refractivity contribution in [1.29, 1.82) is 0 Å². The van der Waals surface area contributed by atoms with E-state index in [1.807, 2.05) is 0 Å². The molecular weight excluding hydrogens is 287 g/mol. The normalized spacial score (nSPS) is 11.3. The van der Waals surface area contributed by atoms with Crippen molar-refractivity contribution in [2.75, 3.05) is 0 Å². The molecule has 0 aromatic carbocycles. The van der Waals surface area contributed by atoms with Crippen LogP contribution in [-0.4, -0.2) is 5.78 Å². The summed E-state index contributed by atoms with van der Waals surface area (Å²) < 4.78 is 1.36. The Kier molecular flexibility index (Phi) is 8.14.